The van der Waals surface area contributed by atoms with Crippen LogP contribution in [-0.4, -0.2) is 53.1 Å². The molecule has 0 radical (unpaired) electrons. The molecular weight excluding hydrogens is 364 g/mol. The quantitative estimate of drug-likeness (QED) is 0.792. The Hall–Kier alpha value is -1.60. The van der Waals surface area contributed by atoms with Gasteiger partial charge in [0.2, 0.25) is 0 Å². The fourth-order valence-electron chi connectivity index (χ4n) is 4.24. The van der Waals surface area contributed by atoms with E-state index < -0.39 is 0 Å². The number of benzene rings is 1. The van der Waals surface area contributed by atoms with E-state index in [4.69, 9.17) is 16.3 Å². The second-order valence-corrected chi connectivity index (χ2v) is 7.90. The molecule has 1 aromatic carbocycles. The van der Waals surface area contributed by atoms with Gasteiger partial charge in [-0.3, -0.25) is 0 Å². The Morgan fingerprint density at radius 1 is 1.26 bits per heavy atom. The Labute approximate surface area is 165 Å². The third kappa shape index (κ3) is 4.46. The van der Waals surface area contributed by atoms with Crippen LogP contribution in [0, 0.1) is 5.92 Å². The number of aliphatic hydroxyl groups excluding tert-OH is 1. The van der Waals surface area contributed by atoms with Gasteiger partial charge in [0.25, 0.3) is 0 Å². The molecule has 1 saturated carbocycles. The number of aromatic nitrogens is 2. The monoisotopic (exact) mass is 390 g/mol. The maximum Gasteiger partial charge on any atom is 0.0945 e. The summed E-state index contributed by atoms with van der Waals surface area (Å²) < 4.78 is 7.56. The van der Waals surface area contributed by atoms with Crippen molar-refractivity contribution >= 4 is 17.3 Å². The standard InChI is InChI=1S/C20H27ClN4O2/c21-17-2-1-3-19(25-6-8-27-9-7-25)16(17)12-23-18-10-15(11-20(18)26)13-24-5-4-22-14-24/h1-5,14-15,18,20,23,26H,6-13H2/t15?,18-,20-/m1/s1. The summed E-state index contributed by atoms with van der Waals surface area (Å²) in [6.45, 7) is 4.82. The predicted molar refractivity (Wildman–Crippen MR) is 106 cm³/mol. The smallest absolute Gasteiger partial charge is 0.0945 e. The number of morpholine rings is 1. The number of imidazole rings is 1. The first kappa shape index (κ1) is 18.7. The molecule has 6 nitrogen and oxygen atoms in total. The van der Waals surface area contributed by atoms with Crippen LogP contribution in [0.3, 0.4) is 0 Å². The molecule has 2 heterocycles. The summed E-state index contributed by atoms with van der Waals surface area (Å²) >= 11 is 6.52. The van der Waals surface area contributed by atoms with E-state index in [1.807, 2.05) is 24.7 Å². The zero-order chi connectivity index (χ0) is 18.6. The molecule has 1 aliphatic carbocycles. The van der Waals surface area contributed by atoms with Gasteiger partial charge in [-0.2, -0.15) is 0 Å². The number of aliphatic hydroxyl groups is 1. The van der Waals surface area contributed by atoms with Crippen LogP contribution in [0.1, 0.15) is 18.4 Å². The zero-order valence-corrected chi connectivity index (χ0v) is 16.2. The number of nitrogens with one attached hydrogen (secondary N) is 1. The van der Waals surface area contributed by atoms with E-state index in [1.165, 1.54) is 5.69 Å². The van der Waals surface area contributed by atoms with Crippen molar-refractivity contribution in [2.24, 2.45) is 5.92 Å². The van der Waals surface area contributed by atoms with Crippen molar-refractivity contribution in [3.63, 3.8) is 0 Å². The van der Waals surface area contributed by atoms with Crippen LogP contribution in [0.25, 0.3) is 0 Å². The normalized spacial score (nSPS) is 25.9. The van der Waals surface area contributed by atoms with Crippen LogP contribution in [0.4, 0.5) is 5.69 Å². The largest absolute Gasteiger partial charge is 0.391 e. The molecule has 7 heteroatoms. The van der Waals surface area contributed by atoms with Crippen molar-refractivity contribution in [3.8, 4) is 0 Å². The summed E-state index contributed by atoms with van der Waals surface area (Å²) in [5, 5.41) is 14.8. The van der Waals surface area contributed by atoms with E-state index in [2.05, 4.69) is 25.8 Å². The lowest BCUT2D eigenvalue weighted by Gasteiger charge is -2.31. The highest BCUT2D eigenvalue weighted by Crippen LogP contribution is 2.31. The van der Waals surface area contributed by atoms with Gasteiger partial charge in [0.05, 0.1) is 25.6 Å². The first-order chi connectivity index (χ1) is 13.2. The topological polar surface area (TPSA) is 62.5 Å². The minimum Gasteiger partial charge on any atom is -0.391 e. The molecule has 2 fully saturated rings. The summed E-state index contributed by atoms with van der Waals surface area (Å²) in [4.78, 5) is 6.43. The molecule has 146 valence electrons. The molecule has 1 unspecified atom stereocenters. The van der Waals surface area contributed by atoms with Gasteiger partial charge in [-0.05, 0) is 30.9 Å². The van der Waals surface area contributed by atoms with E-state index >= 15 is 0 Å². The fraction of sp³-hybridized carbons (Fsp3) is 0.550. The first-order valence-electron chi connectivity index (χ1n) is 9.68. The van der Waals surface area contributed by atoms with Crippen molar-refractivity contribution in [1.29, 1.82) is 0 Å². The van der Waals surface area contributed by atoms with Gasteiger partial charge in [-0.1, -0.05) is 17.7 Å². The highest BCUT2D eigenvalue weighted by Gasteiger charge is 2.33. The van der Waals surface area contributed by atoms with Crippen LogP contribution in [0.5, 0.6) is 0 Å². The average Bonchev–Trinajstić information content (AvgIpc) is 3.31. The van der Waals surface area contributed by atoms with Crippen LogP contribution in [0.15, 0.2) is 36.9 Å². The SMILES string of the molecule is O[C@@H]1CC(Cn2ccnc2)C[C@H]1NCc1c(Cl)cccc1N1CCOCC1. The fourth-order valence-corrected chi connectivity index (χ4v) is 4.47. The summed E-state index contributed by atoms with van der Waals surface area (Å²) in [6.07, 6.45) is 7.06. The number of ether oxygens (including phenoxy) is 1. The maximum absolute atomic E-state index is 10.5. The van der Waals surface area contributed by atoms with E-state index in [-0.39, 0.29) is 12.1 Å². The van der Waals surface area contributed by atoms with Crippen molar-refractivity contribution in [2.75, 3.05) is 31.2 Å². The molecule has 0 spiro atoms. The van der Waals surface area contributed by atoms with Gasteiger partial charge < -0.3 is 24.6 Å². The summed E-state index contributed by atoms with van der Waals surface area (Å²) in [6, 6.07) is 6.16. The van der Waals surface area contributed by atoms with Gasteiger partial charge in [0, 0.05) is 60.9 Å². The number of halogens is 1. The summed E-state index contributed by atoms with van der Waals surface area (Å²) in [5.41, 5.74) is 2.27. The van der Waals surface area contributed by atoms with Gasteiger partial charge in [0.1, 0.15) is 0 Å². The van der Waals surface area contributed by atoms with Crippen LogP contribution >= 0.6 is 11.6 Å². The lowest BCUT2D eigenvalue weighted by atomic mass is 10.1. The van der Waals surface area contributed by atoms with E-state index in [1.54, 1.807) is 6.20 Å². The average molecular weight is 391 g/mol. The molecule has 2 aliphatic rings. The van der Waals surface area contributed by atoms with E-state index in [9.17, 15) is 5.11 Å². The second-order valence-electron chi connectivity index (χ2n) is 7.49. The molecule has 0 amide bonds. The lowest BCUT2D eigenvalue weighted by molar-refractivity contribution is 0.122. The number of rotatable bonds is 6. The lowest BCUT2D eigenvalue weighted by Crippen LogP contribution is -2.38. The third-order valence-electron chi connectivity index (χ3n) is 5.64. The van der Waals surface area contributed by atoms with Crippen molar-refractivity contribution in [3.05, 3.63) is 47.5 Å². The van der Waals surface area contributed by atoms with Crippen molar-refractivity contribution in [1.82, 2.24) is 14.9 Å². The van der Waals surface area contributed by atoms with Gasteiger partial charge >= 0.3 is 0 Å². The van der Waals surface area contributed by atoms with Crippen molar-refractivity contribution in [2.45, 2.75) is 38.1 Å². The van der Waals surface area contributed by atoms with Crippen LogP contribution < -0.4 is 10.2 Å². The molecule has 2 N–H and O–H groups in total. The molecule has 1 saturated heterocycles. The van der Waals surface area contributed by atoms with Gasteiger partial charge in [-0.25, -0.2) is 4.98 Å². The first-order valence-corrected chi connectivity index (χ1v) is 10.1. The third-order valence-corrected chi connectivity index (χ3v) is 6.00. The highest BCUT2D eigenvalue weighted by atomic mass is 35.5. The molecular formula is C20H27ClN4O2. The molecule has 2 aromatic rings. The highest BCUT2D eigenvalue weighted by molar-refractivity contribution is 6.31. The molecule has 0 bridgehead atoms. The second kappa shape index (κ2) is 8.61. The minimum atomic E-state index is -0.326. The summed E-state index contributed by atoms with van der Waals surface area (Å²) in [5.74, 6) is 0.455. The number of anilines is 1. The van der Waals surface area contributed by atoms with E-state index in [0.29, 0.717) is 12.5 Å². The molecule has 4 rings (SSSR count). The Bertz CT molecular complexity index is 734. The van der Waals surface area contributed by atoms with Gasteiger partial charge in [0.15, 0.2) is 0 Å². The molecule has 3 atom stereocenters. The van der Waals surface area contributed by atoms with Gasteiger partial charge in [-0.15, -0.1) is 0 Å². The number of nitrogens with zero attached hydrogens (tertiary/aromatic N) is 3. The Morgan fingerprint density at radius 2 is 2.11 bits per heavy atom. The Kier molecular flexibility index (Phi) is 5.98. The van der Waals surface area contributed by atoms with E-state index in [0.717, 1.165) is 56.3 Å². The molecule has 1 aliphatic heterocycles. The Balaban J connectivity index is 1.39. The maximum atomic E-state index is 10.5. The zero-order valence-electron chi connectivity index (χ0n) is 15.4. The van der Waals surface area contributed by atoms with Crippen LogP contribution in [-0.2, 0) is 17.8 Å². The van der Waals surface area contributed by atoms with Crippen LogP contribution in [0.2, 0.25) is 5.02 Å². The van der Waals surface area contributed by atoms with Crippen molar-refractivity contribution < 1.29 is 9.84 Å². The Morgan fingerprint density at radius 3 is 2.89 bits per heavy atom. The number of hydrogen-bond acceptors (Lipinski definition) is 5. The minimum absolute atomic E-state index is 0.0901. The molecule has 27 heavy (non-hydrogen) atoms. The predicted octanol–water partition coefficient (Wildman–Crippen LogP) is 2.30. The summed E-state index contributed by atoms with van der Waals surface area (Å²) in [7, 11) is 0. The molecule has 1 aromatic heterocycles. The number of hydrogen-bond donors (Lipinski definition) is 2.